The van der Waals surface area contributed by atoms with Crippen LogP contribution in [0.1, 0.15) is 6.42 Å². The van der Waals surface area contributed by atoms with Crippen molar-refractivity contribution in [2.45, 2.75) is 12.5 Å². The third-order valence-electron chi connectivity index (χ3n) is 4.17. The van der Waals surface area contributed by atoms with Gasteiger partial charge in [-0.05, 0) is 30.7 Å². The van der Waals surface area contributed by atoms with Gasteiger partial charge in [0.15, 0.2) is 0 Å². The Balaban J connectivity index is 1.47. The first kappa shape index (κ1) is 14.0. The van der Waals surface area contributed by atoms with Crippen LogP contribution in [-0.4, -0.2) is 29.1 Å². The maximum absolute atomic E-state index is 13.9. The van der Waals surface area contributed by atoms with E-state index in [4.69, 9.17) is 0 Å². The summed E-state index contributed by atoms with van der Waals surface area (Å²) in [6.07, 6.45) is 0.869. The maximum atomic E-state index is 13.9. The Morgan fingerprint density at radius 2 is 2.04 bits per heavy atom. The van der Waals surface area contributed by atoms with E-state index in [0.29, 0.717) is 12.2 Å². The molecule has 1 saturated heterocycles. The lowest BCUT2D eigenvalue weighted by Gasteiger charge is -2.19. The van der Waals surface area contributed by atoms with E-state index in [1.165, 1.54) is 12.1 Å². The maximum Gasteiger partial charge on any atom is 0.201 e. The van der Waals surface area contributed by atoms with Crippen LogP contribution in [0.25, 0.3) is 11.0 Å². The summed E-state index contributed by atoms with van der Waals surface area (Å²) in [4.78, 5) is 9.65. The largest absolute Gasteiger partial charge is 0.367 e. The van der Waals surface area contributed by atoms with E-state index >= 15 is 0 Å². The zero-order chi connectivity index (χ0) is 15.8. The minimum atomic E-state index is -0.553. The molecule has 1 aliphatic rings. The van der Waals surface area contributed by atoms with Crippen LogP contribution in [0.15, 0.2) is 42.5 Å². The number of para-hydroxylation sites is 2. The summed E-state index contributed by atoms with van der Waals surface area (Å²) in [5.74, 6) is -0.352. The molecule has 0 aliphatic carbocycles. The number of nitrogens with one attached hydrogen (secondary N) is 2. The molecule has 0 radical (unpaired) electrons. The Kier molecular flexibility index (Phi) is 3.37. The number of H-pyrrole nitrogens is 1. The van der Waals surface area contributed by atoms with Crippen molar-refractivity contribution in [3.05, 3.63) is 54.1 Å². The van der Waals surface area contributed by atoms with E-state index in [1.54, 1.807) is 0 Å². The molecule has 1 atom stereocenters. The lowest BCUT2D eigenvalue weighted by atomic mass is 10.2. The molecule has 0 saturated carbocycles. The van der Waals surface area contributed by atoms with E-state index in [2.05, 4.69) is 15.3 Å². The number of imidazole rings is 1. The van der Waals surface area contributed by atoms with Crippen molar-refractivity contribution in [3.63, 3.8) is 0 Å². The van der Waals surface area contributed by atoms with Crippen molar-refractivity contribution >= 4 is 22.7 Å². The van der Waals surface area contributed by atoms with Crippen LogP contribution in [0, 0.1) is 11.6 Å². The Bertz CT molecular complexity index is 812. The van der Waals surface area contributed by atoms with Gasteiger partial charge in [-0.25, -0.2) is 13.8 Å². The first-order valence-electron chi connectivity index (χ1n) is 7.60. The fraction of sp³-hybridized carbons (Fsp3) is 0.235. The second kappa shape index (κ2) is 5.53. The van der Waals surface area contributed by atoms with Gasteiger partial charge in [0, 0.05) is 25.2 Å². The molecule has 2 N–H and O–H groups in total. The zero-order valence-electron chi connectivity index (χ0n) is 12.4. The molecule has 6 heteroatoms. The molecular formula is C17H16F2N4. The molecule has 2 heterocycles. The summed E-state index contributed by atoms with van der Waals surface area (Å²) >= 11 is 0. The standard InChI is InChI=1S/C17H16F2N4/c18-11-5-6-16(13(19)9-11)23-8-7-12(10-23)20-17-21-14-3-1-2-4-15(14)22-17/h1-6,9,12H,7-8,10H2,(H2,20,21,22). The Morgan fingerprint density at radius 1 is 1.17 bits per heavy atom. The highest BCUT2D eigenvalue weighted by Gasteiger charge is 2.25. The highest BCUT2D eigenvalue weighted by atomic mass is 19.1. The van der Waals surface area contributed by atoms with Gasteiger partial charge in [0.05, 0.1) is 16.7 Å². The predicted molar refractivity (Wildman–Crippen MR) is 86.7 cm³/mol. The van der Waals surface area contributed by atoms with Crippen LogP contribution in [0.5, 0.6) is 0 Å². The third-order valence-corrected chi connectivity index (χ3v) is 4.17. The topological polar surface area (TPSA) is 44.0 Å². The summed E-state index contributed by atoms with van der Waals surface area (Å²) in [7, 11) is 0. The number of anilines is 2. The molecule has 0 bridgehead atoms. The van der Waals surface area contributed by atoms with Gasteiger partial charge >= 0.3 is 0 Å². The molecular weight excluding hydrogens is 298 g/mol. The molecule has 118 valence electrons. The van der Waals surface area contributed by atoms with Gasteiger partial charge in [-0.1, -0.05) is 12.1 Å². The summed E-state index contributed by atoms with van der Waals surface area (Å²) in [5.41, 5.74) is 2.34. The molecule has 3 aromatic rings. The summed E-state index contributed by atoms with van der Waals surface area (Å²) in [6.45, 7) is 1.38. The monoisotopic (exact) mass is 314 g/mol. The fourth-order valence-electron chi connectivity index (χ4n) is 3.05. The molecule has 0 spiro atoms. The van der Waals surface area contributed by atoms with Crippen LogP contribution in [0.3, 0.4) is 0 Å². The summed E-state index contributed by atoms with van der Waals surface area (Å²) < 4.78 is 26.9. The molecule has 4 nitrogen and oxygen atoms in total. The first-order chi connectivity index (χ1) is 11.2. The van der Waals surface area contributed by atoms with Gasteiger partial charge < -0.3 is 15.2 Å². The number of aromatic nitrogens is 2. The third kappa shape index (κ3) is 2.72. The van der Waals surface area contributed by atoms with E-state index in [1.807, 2.05) is 29.2 Å². The fourth-order valence-corrected chi connectivity index (χ4v) is 3.05. The van der Waals surface area contributed by atoms with Crippen LogP contribution >= 0.6 is 0 Å². The zero-order valence-corrected chi connectivity index (χ0v) is 12.4. The van der Waals surface area contributed by atoms with E-state index in [0.717, 1.165) is 36.0 Å². The van der Waals surface area contributed by atoms with Crippen molar-refractivity contribution in [2.75, 3.05) is 23.3 Å². The van der Waals surface area contributed by atoms with Gasteiger partial charge in [0.2, 0.25) is 5.95 Å². The number of aromatic amines is 1. The normalized spacial score (nSPS) is 17.8. The highest BCUT2D eigenvalue weighted by Crippen LogP contribution is 2.25. The Hall–Kier alpha value is -2.63. The van der Waals surface area contributed by atoms with Gasteiger partial charge in [-0.2, -0.15) is 0 Å². The van der Waals surface area contributed by atoms with Crippen LogP contribution in [0.4, 0.5) is 20.4 Å². The van der Waals surface area contributed by atoms with E-state index in [9.17, 15) is 8.78 Å². The number of hydrogen-bond acceptors (Lipinski definition) is 3. The smallest absolute Gasteiger partial charge is 0.201 e. The molecule has 1 aromatic heterocycles. The van der Waals surface area contributed by atoms with Gasteiger partial charge in [-0.15, -0.1) is 0 Å². The van der Waals surface area contributed by atoms with Crippen LogP contribution in [0.2, 0.25) is 0 Å². The minimum Gasteiger partial charge on any atom is -0.367 e. The molecule has 4 rings (SSSR count). The molecule has 1 fully saturated rings. The first-order valence-corrected chi connectivity index (χ1v) is 7.60. The van der Waals surface area contributed by atoms with Crippen molar-refractivity contribution in [3.8, 4) is 0 Å². The average molecular weight is 314 g/mol. The van der Waals surface area contributed by atoms with Gasteiger partial charge in [-0.3, -0.25) is 0 Å². The Labute approximate surface area is 132 Å². The van der Waals surface area contributed by atoms with E-state index in [-0.39, 0.29) is 6.04 Å². The molecule has 1 unspecified atom stereocenters. The minimum absolute atomic E-state index is 0.167. The second-order valence-electron chi connectivity index (χ2n) is 5.77. The molecule has 23 heavy (non-hydrogen) atoms. The molecule has 1 aliphatic heterocycles. The summed E-state index contributed by atoms with van der Waals surface area (Å²) in [6, 6.07) is 11.7. The van der Waals surface area contributed by atoms with Crippen LogP contribution in [-0.2, 0) is 0 Å². The summed E-state index contributed by atoms with van der Waals surface area (Å²) in [5, 5.41) is 3.36. The number of rotatable bonds is 3. The lowest BCUT2D eigenvalue weighted by molar-refractivity contribution is 0.581. The van der Waals surface area contributed by atoms with Crippen molar-refractivity contribution in [2.24, 2.45) is 0 Å². The van der Waals surface area contributed by atoms with Crippen molar-refractivity contribution in [1.82, 2.24) is 9.97 Å². The number of fused-ring (bicyclic) bond motifs is 1. The lowest BCUT2D eigenvalue weighted by Crippen LogP contribution is -2.27. The number of hydrogen-bond donors (Lipinski definition) is 2. The van der Waals surface area contributed by atoms with Crippen molar-refractivity contribution < 1.29 is 8.78 Å². The second-order valence-corrected chi connectivity index (χ2v) is 5.77. The Morgan fingerprint density at radius 3 is 2.87 bits per heavy atom. The quantitative estimate of drug-likeness (QED) is 0.777. The van der Waals surface area contributed by atoms with Crippen LogP contribution < -0.4 is 10.2 Å². The van der Waals surface area contributed by atoms with Crippen molar-refractivity contribution in [1.29, 1.82) is 0 Å². The van der Waals surface area contributed by atoms with Gasteiger partial charge in [0.1, 0.15) is 11.6 Å². The van der Waals surface area contributed by atoms with E-state index < -0.39 is 11.6 Å². The van der Waals surface area contributed by atoms with Gasteiger partial charge in [0.25, 0.3) is 0 Å². The molecule has 0 amide bonds. The molecule has 2 aromatic carbocycles. The predicted octanol–water partition coefficient (Wildman–Crippen LogP) is 3.53. The SMILES string of the molecule is Fc1ccc(N2CCC(Nc3nc4ccccc4[nH]3)C2)c(F)c1. The number of nitrogens with zero attached hydrogens (tertiary/aromatic N) is 2. The highest BCUT2D eigenvalue weighted by molar-refractivity contribution is 5.77. The average Bonchev–Trinajstić information content (AvgIpc) is 3.13. The number of benzene rings is 2. The number of halogens is 2.